The number of hydrogen-bond acceptors (Lipinski definition) is 2. The largest absolute Gasteiger partial charge is 0.355 e. The van der Waals surface area contributed by atoms with E-state index < -0.39 is 0 Å². The van der Waals surface area contributed by atoms with Crippen molar-refractivity contribution in [1.82, 2.24) is 10.6 Å². The maximum absolute atomic E-state index is 11.7. The minimum Gasteiger partial charge on any atom is -0.355 e. The first kappa shape index (κ1) is 14.5. The molecule has 1 saturated carbocycles. The van der Waals surface area contributed by atoms with Crippen molar-refractivity contribution in [2.45, 2.75) is 65.5 Å². The van der Waals surface area contributed by atoms with Gasteiger partial charge in [0.15, 0.2) is 0 Å². The Labute approximate surface area is 106 Å². The lowest BCUT2D eigenvalue weighted by Crippen LogP contribution is -2.48. The zero-order chi connectivity index (χ0) is 12.8. The van der Waals surface area contributed by atoms with Crippen molar-refractivity contribution in [2.75, 3.05) is 6.54 Å². The van der Waals surface area contributed by atoms with Crippen LogP contribution in [0.1, 0.15) is 53.4 Å². The van der Waals surface area contributed by atoms with Crippen LogP contribution in [0.5, 0.6) is 0 Å². The van der Waals surface area contributed by atoms with E-state index >= 15 is 0 Å². The molecule has 100 valence electrons. The van der Waals surface area contributed by atoms with Crippen LogP contribution in [-0.2, 0) is 4.79 Å². The van der Waals surface area contributed by atoms with Gasteiger partial charge in [0.1, 0.15) is 0 Å². The summed E-state index contributed by atoms with van der Waals surface area (Å²) in [5.41, 5.74) is 0. The molecule has 17 heavy (non-hydrogen) atoms. The minimum absolute atomic E-state index is 0.0628. The maximum atomic E-state index is 11.7. The fraction of sp³-hybridized carbons (Fsp3) is 0.929. The zero-order valence-electron chi connectivity index (χ0n) is 11.8. The summed E-state index contributed by atoms with van der Waals surface area (Å²) in [7, 11) is 0. The Kier molecular flexibility index (Phi) is 5.96. The lowest BCUT2D eigenvalue weighted by atomic mass is 9.79. The van der Waals surface area contributed by atoms with Crippen LogP contribution in [0.15, 0.2) is 0 Å². The second-order valence-electron chi connectivity index (χ2n) is 5.64. The van der Waals surface area contributed by atoms with Crippen LogP contribution in [0.25, 0.3) is 0 Å². The molecule has 3 nitrogen and oxygen atoms in total. The van der Waals surface area contributed by atoms with Gasteiger partial charge in [0.05, 0.1) is 6.04 Å². The molecule has 0 aromatic rings. The molecule has 0 heterocycles. The molecule has 3 heteroatoms. The monoisotopic (exact) mass is 240 g/mol. The van der Waals surface area contributed by atoms with E-state index in [2.05, 4.69) is 31.4 Å². The third-order valence-electron chi connectivity index (χ3n) is 4.03. The van der Waals surface area contributed by atoms with Gasteiger partial charge in [-0.1, -0.05) is 20.8 Å². The van der Waals surface area contributed by atoms with E-state index in [1.807, 2.05) is 6.92 Å². The van der Waals surface area contributed by atoms with Crippen molar-refractivity contribution >= 4 is 5.91 Å². The van der Waals surface area contributed by atoms with Gasteiger partial charge in [-0.25, -0.2) is 0 Å². The summed E-state index contributed by atoms with van der Waals surface area (Å²) in [4.78, 5) is 11.7. The Morgan fingerprint density at radius 2 is 2.00 bits per heavy atom. The molecule has 0 aliphatic heterocycles. The molecule has 4 atom stereocenters. The summed E-state index contributed by atoms with van der Waals surface area (Å²) in [6.07, 6.45) is 4.68. The van der Waals surface area contributed by atoms with Gasteiger partial charge in [-0.3, -0.25) is 4.79 Å². The van der Waals surface area contributed by atoms with E-state index in [9.17, 15) is 4.79 Å². The topological polar surface area (TPSA) is 41.1 Å². The molecule has 1 aliphatic carbocycles. The van der Waals surface area contributed by atoms with Gasteiger partial charge in [-0.2, -0.15) is 0 Å². The van der Waals surface area contributed by atoms with Crippen LogP contribution < -0.4 is 10.6 Å². The molecule has 0 spiro atoms. The zero-order valence-corrected chi connectivity index (χ0v) is 11.8. The quantitative estimate of drug-likeness (QED) is 0.774. The van der Waals surface area contributed by atoms with E-state index in [4.69, 9.17) is 0 Å². The standard InChI is InChI=1S/C14H28N2O/c1-5-8-15-14(17)12(4)16-13-7-6-10(2)11(3)9-13/h10-13,16H,5-9H2,1-4H3,(H,15,17). The number of rotatable bonds is 5. The lowest BCUT2D eigenvalue weighted by molar-refractivity contribution is -0.123. The SMILES string of the molecule is CCCNC(=O)C(C)NC1CCC(C)C(C)C1. The van der Waals surface area contributed by atoms with Crippen LogP contribution in [-0.4, -0.2) is 24.5 Å². The summed E-state index contributed by atoms with van der Waals surface area (Å²) in [6.45, 7) is 9.47. The first-order valence-corrected chi connectivity index (χ1v) is 7.08. The number of carbonyl (C=O) groups excluding carboxylic acids is 1. The third kappa shape index (κ3) is 4.66. The number of amides is 1. The summed E-state index contributed by atoms with van der Waals surface area (Å²) >= 11 is 0. The van der Waals surface area contributed by atoms with E-state index in [1.165, 1.54) is 19.3 Å². The van der Waals surface area contributed by atoms with Gasteiger partial charge in [-0.05, 0) is 44.4 Å². The average molecular weight is 240 g/mol. The summed E-state index contributed by atoms with van der Waals surface area (Å²) in [5.74, 6) is 1.74. The average Bonchev–Trinajstić information content (AvgIpc) is 2.30. The maximum Gasteiger partial charge on any atom is 0.236 e. The van der Waals surface area contributed by atoms with Crippen LogP contribution in [0.2, 0.25) is 0 Å². The number of carbonyl (C=O) groups is 1. The number of nitrogens with one attached hydrogen (secondary N) is 2. The Hall–Kier alpha value is -0.570. The highest BCUT2D eigenvalue weighted by Crippen LogP contribution is 2.29. The summed E-state index contributed by atoms with van der Waals surface area (Å²) in [6, 6.07) is 0.454. The van der Waals surface area contributed by atoms with E-state index in [0.29, 0.717) is 6.04 Å². The number of hydrogen-bond donors (Lipinski definition) is 2. The molecule has 0 bridgehead atoms. The smallest absolute Gasteiger partial charge is 0.236 e. The van der Waals surface area contributed by atoms with E-state index in [0.717, 1.165) is 24.8 Å². The van der Waals surface area contributed by atoms with Gasteiger partial charge >= 0.3 is 0 Å². The van der Waals surface area contributed by atoms with Gasteiger partial charge in [-0.15, -0.1) is 0 Å². The molecule has 1 aliphatic rings. The highest BCUT2D eigenvalue weighted by Gasteiger charge is 2.26. The summed E-state index contributed by atoms with van der Waals surface area (Å²) in [5, 5.41) is 6.41. The molecular weight excluding hydrogens is 212 g/mol. The minimum atomic E-state index is -0.0628. The van der Waals surface area contributed by atoms with Crippen molar-refractivity contribution in [1.29, 1.82) is 0 Å². The van der Waals surface area contributed by atoms with Crippen molar-refractivity contribution < 1.29 is 4.79 Å². The first-order valence-electron chi connectivity index (χ1n) is 7.08. The second-order valence-corrected chi connectivity index (χ2v) is 5.64. The van der Waals surface area contributed by atoms with Crippen molar-refractivity contribution in [3.8, 4) is 0 Å². The van der Waals surface area contributed by atoms with E-state index in [1.54, 1.807) is 0 Å². The lowest BCUT2D eigenvalue weighted by Gasteiger charge is -2.34. The van der Waals surface area contributed by atoms with Gasteiger partial charge in [0, 0.05) is 12.6 Å². The fourth-order valence-corrected chi connectivity index (χ4v) is 2.53. The highest BCUT2D eigenvalue weighted by atomic mass is 16.2. The third-order valence-corrected chi connectivity index (χ3v) is 4.03. The molecule has 1 amide bonds. The molecule has 2 N–H and O–H groups in total. The first-order chi connectivity index (χ1) is 8.04. The van der Waals surface area contributed by atoms with Crippen LogP contribution in [0, 0.1) is 11.8 Å². The molecule has 0 aromatic heterocycles. The summed E-state index contributed by atoms with van der Waals surface area (Å²) < 4.78 is 0. The van der Waals surface area contributed by atoms with Crippen molar-refractivity contribution in [3.05, 3.63) is 0 Å². The molecule has 0 saturated heterocycles. The van der Waals surface area contributed by atoms with Crippen LogP contribution in [0.3, 0.4) is 0 Å². The van der Waals surface area contributed by atoms with Crippen molar-refractivity contribution in [2.24, 2.45) is 11.8 Å². The predicted octanol–water partition coefficient (Wildman–Crippen LogP) is 2.32. The van der Waals surface area contributed by atoms with Crippen LogP contribution >= 0.6 is 0 Å². The fourth-order valence-electron chi connectivity index (χ4n) is 2.53. The van der Waals surface area contributed by atoms with Crippen molar-refractivity contribution in [3.63, 3.8) is 0 Å². The second kappa shape index (κ2) is 7.00. The van der Waals surface area contributed by atoms with Gasteiger partial charge in [0.25, 0.3) is 0 Å². The molecule has 1 rings (SSSR count). The Morgan fingerprint density at radius 3 is 2.59 bits per heavy atom. The Bertz CT molecular complexity index is 242. The normalized spacial score (nSPS) is 30.9. The molecule has 1 fully saturated rings. The van der Waals surface area contributed by atoms with Crippen LogP contribution in [0.4, 0.5) is 0 Å². The molecule has 0 aromatic carbocycles. The molecule has 0 radical (unpaired) electrons. The molecule has 4 unspecified atom stereocenters. The Balaban J connectivity index is 2.31. The molecular formula is C14H28N2O. The van der Waals surface area contributed by atoms with E-state index in [-0.39, 0.29) is 11.9 Å². The van der Waals surface area contributed by atoms with Gasteiger partial charge < -0.3 is 10.6 Å². The Morgan fingerprint density at radius 1 is 1.29 bits per heavy atom. The predicted molar refractivity (Wildman–Crippen MR) is 71.9 cm³/mol. The highest BCUT2D eigenvalue weighted by molar-refractivity contribution is 5.81. The van der Waals surface area contributed by atoms with Gasteiger partial charge in [0.2, 0.25) is 5.91 Å².